The Balaban J connectivity index is 1.67. The van der Waals surface area contributed by atoms with Crippen LogP contribution in [0.25, 0.3) is 28.0 Å². The van der Waals surface area contributed by atoms with Crippen molar-refractivity contribution in [3.05, 3.63) is 82.3 Å². The smallest absolute Gasteiger partial charge is 0.355 e. The van der Waals surface area contributed by atoms with E-state index in [0.717, 1.165) is 23.2 Å². The van der Waals surface area contributed by atoms with E-state index in [4.69, 9.17) is 9.72 Å². The first kappa shape index (κ1) is 28.5. The lowest BCUT2D eigenvalue weighted by molar-refractivity contribution is -0.128. The van der Waals surface area contributed by atoms with Gasteiger partial charge in [-0.1, -0.05) is 26.0 Å². The summed E-state index contributed by atoms with van der Waals surface area (Å²) < 4.78 is 23.2. The number of fused-ring (bicyclic) bond motifs is 5. The van der Waals surface area contributed by atoms with Gasteiger partial charge in [0.25, 0.3) is 0 Å². The highest BCUT2D eigenvalue weighted by molar-refractivity contribution is 5.92. The van der Waals surface area contributed by atoms with Gasteiger partial charge in [0.2, 0.25) is 5.91 Å². The molecular weight excluding hydrogens is 547 g/mol. The van der Waals surface area contributed by atoms with E-state index in [9.17, 15) is 9.59 Å². The number of halogens is 1. The fourth-order valence-corrected chi connectivity index (χ4v) is 6.31. The summed E-state index contributed by atoms with van der Waals surface area (Å²) in [6.45, 7) is 12.8. The van der Waals surface area contributed by atoms with Gasteiger partial charge in [-0.2, -0.15) is 4.98 Å². The maximum Gasteiger partial charge on any atom is 0.355 e. The van der Waals surface area contributed by atoms with Crippen molar-refractivity contribution in [2.45, 2.75) is 59.0 Å². The number of benzene rings is 1. The molecule has 222 valence electrons. The summed E-state index contributed by atoms with van der Waals surface area (Å²) in [5, 5.41) is 0.665. The highest BCUT2D eigenvalue weighted by Gasteiger charge is 2.34. The zero-order valence-corrected chi connectivity index (χ0v) is 24.9. The van der Waals surface area contributed by atoms with Crippen LogP contribution in [0, 0.1) is 12.7 Å². The van der Waals surface area contributed by atoms with Gasteiger partial charge >= 0.3 is 5.69 Å². The van der Waals surface area contributed by atoms with Crippen LogP contribution in [0.15, 0.2) is 54.0 Å². The first-order chi connectivity index (χ1) is 20.7. The molecule has 9 nitrogen and oxygen atoms in total. The Hall–Kier alpha value is -4.60. The Morgan fingerprint density at radius 1 is 1.19 bits per heavy atom. The topological polar surface area (TPSA) is 93.5 Å². The largest absolute Gasteiger partial charge is 0.492 e. The molecule has 0 N–H and O–H groups in total. The molecule has 43 heavy (non-hydrogen) atoms. The van der Waals surface area contributed by atoms with Crippen molar-refractivity contribution in [1.82, 2.24) is 24.4 Å². The average molecular weight is 583 g/mol. The molecule has 1 aromatic carbocycles. The third kappa shape index (κ3) is 4.84. The molecule has 2 aliphatic heterocycles. The summed E-state index contributed by atoms with van der Waals surface area (Å²) >= 11 is 0. The highest BCUT2D eigenvalue weighted by atomic mass is 19.1. The molecule has 1 amide bonds. The first-order valence-electron chi connectivity index (χ1n) is 14.8. The number of hydrogen-bond donors (Lipinski definition) is 0. The minimum Gasteiger partial charge on any atom is -0.492 e. The number of aryl methyl sites for hydroxylation is 2. The van der Waals surface area contributed by atoms with Crippen LogP contribution in [0.2, 0.25) is 0 Å². The van der Waals surface area contributed by atoms with Crippen molar-refractivity contribution in [3.63, 3.8) is 0 Å². The van der Waals surface area contributed by atoms with E-state index in [1.807, 2.05) is 32.9 Å². The van der Waals surface area contributed by atoms with Crippen LogP contribution in [-0.2, 0) is 17.6 Å². The van der Waals surface area contributed by atoms with Crippen LogP contribution in [0.5, 0.6) is 5.75 Å². The maximum atomic E-state index is 15.5. The molecule has 2 atom stereocenters. The number of rotatable bonds is 4. The van der Waals surface area contributed by atoms with Gasteiger partial charge in [-0.25, -0.2) is 18.7 Å². The van der Waals surface area contributed by atoms with E-state index < -0.39 is 11.5 Å². The molecule has 4 aromatic rings. The number of amides is 1. The predicted molar refractivity (Wildman–Crippen MR) is 164 cm³/mol. The second-order valence-electron chi connectivity index (χ2n) is 11.4. The van der Waals surface area contributed by atoms with Gasteiger partial charge in [-0.3, -0.25) is 9.78 Å². The summed E-state index contributed by atoms with van der Waals surface area (Å²) in [5.74, 6) is 0.308. The molecule has 0 spiro atoms. The molecule has 1 saturated heterocycles. The minimum atomic E-state index is -0.491. The molecule has 0 radical (unpaired) electrons. The number of carbonyl (C=O) groups excluding carboxylic acids is 1. The van der Waals surface area contributed by atoms with Gasteiger partial charge in [0.1, 0.15) is 17.4 Å². The highest BCUT2D eigenvalue weighted by Crippen LogP contribution is 2.38. The Bertz CT molecular complexity index is 1820. The molecule has 0 saturated carbocycles. The van der Waals surface area contributed by atoms with Gasteiger partial charge in [-0.05, 0) is 68.7 Å². The van der Waals surface area contributed by atoms with E-state index in [2.05, 4.69) is 28.4 Å². The lowest BCUT2D eigenvalue weighted by atomic mass is 10.0. The molecular formula is C33H35FN6O3. The van der Waals surface area contributed by atoms with Crippen LogP contribution < -0.4 is 15.3 Å². The number of aromatic nitrogens is 4. The van der Waals surface area contributed by atoms with Crippen LogP contribution in [0.1, 0.15) is 44.0 Å². The molecule has 0 aliphatic carbocycles. The number of nitrogens with zero attached hydrogens (tertiary/aromatic N) is 6. The number of anilines is 1. The van der Waals surface area contributed by atoms with Crippen LogP contribution in [0.3, 0.4) is 0 Å². The standard InChI is InChI=1S/C33H35FN6O3/c1-6-9-25-30-22(12-14-35-25)13-15-43-26-11-8-10-24(34)28(26)29-19(3)16-23-31(37-33(42)40(30)32(23)36-29)39-18-20(4)38(17-21(39)5)27(41)7-2/h7-8,10-12,14,16,20-21H,2,6,9,13,15,17-18H2,1,3-5H3/t20-,21+/m1/s1. The van der Waals surface area contributed by atoms with E-state index in [0.29, 0.717) is 59.9 Å². The Morgan fingerprint density at radius 2 is 2.00 bits per heavy atom. The van der Waals surface area contributed by atoms with Crippen molar-refractivity contribution in [2.24, 2.45) is 0 Å². The molecule has 3 aromatic heterocycles. The number of carbonyl (C=O) groups is 1. The van der Waals surface area contributed by atoms with Gasteiger partial charge < -0.3 is 14.5 Å². The van der Waals surface area contributed by atoms with Crippen molar-refractivity contribution in [3.8, 4) is 22.7 Å². The fourth-order valence-electron chi connectivity index (χ4n) is 6.31. The number of hydrogen-bond acceptors (Lipinski definition) is 7. The second-order valence-corrected chi connectivity index (χ2v) is 11.4. The minimum absolute atomic E-state index is 0.129. The first-order valence-corrected chi connectivity index (χ1v) is 14.8. The Labute approximate surface area is 249 Å². The lowest BCUT2D eigenvalue weighted by Crippen LogP contribution is -2.58. The summed E-state index contributed by atoms with van der Waals surface area (Å²) in [5.41, 5.74) is 3.56. The Kier molecular flexibility index (Phi) is 7.45. The second kappa shape index (κ2) is 11.2. The van der Waals surface area contributed by atoms with Gasteiger partial charge in [0.15, 0.2) is 5.65 Å². The Morgan fingerprint density at radius 3 is 2.77 bits per heavy atom. The van der Waals surface area contributed by atoms with Gasteiger partial charge in [0.05, 0.1) is 34.6 Å². The molecule has 5 heterocycles. The number of ether oxygens (including phenoxy) is 1. The van der Waals surface area contributed by atoms with Crippen LogP contribution in [0.4, 0.5) is 10.2 Å². The number of piperazine rings is 1. The van der Waals surface area contributed by atoms with E-state index in [1.54, 1.807) is 27.8 Å². The average Bonchev–Trinajstić information content (AvgIpc) is 3.01. The summed E-state index contributed by atoms with van der Waals surface area (Å²) in [4.78, 5) is 45.0. The third-order valence-corrected chi connectivity index (χ3v) is 8.39. The zero-order chi connectivity index (χ0) is 30.4. The number of pyridine rings is 2. The van der Waals surface area contributed by atoms with E-state index >= 15 is 4.39 Å². The lowest BCUT2D eigenvalue weighted by Gasteiger charge is -2.44. The van der Waals surface area contributed by atoms with Gasteiger partial charge in [-0.15, -0.1) is 0 Å². The van der Waals surface area contributed by atoms with Crippen molar-refractivity contribution in [1.29, 1.82) is 0 Å². The van der Waals surface area contributed by atoms with Crippen molar-refractivity contribution < 1.29 is 13.9 Å². The summed E-state index contributed by atoms with van der Waals surface area (Å²) in [6, 6.07) is 8.31. The molecule has 1 fully saturated rings. The normalized spacial score (nSPS) is 18.1. The molecule has 10 heteroatoms. The predicted octanol–water partition coefficient (Wildman–Crippen LogP) is 4.79. The zero-order valence-electron chi connectivity index (χ0n) is 24.9. The van der Waals surface area contributed by atoms with E-state index in [-0.39, 0.29) is 30.2 Å². The van der Waals surface area contributed by atoms with Crippen LogP contribution in [-0.4, -0.2) is 62.1 Å². The summed E-state index contributed by atoms with van der Waals surface area (Å²) in [7, 11) is 0. The monoisotopic (exact) mass is 582 g/mol. The fraction of sp³-hybridized carbons (Fsp3) is 0.364. The molecule has 2 aliphatic rings. The molecule has 0 unspecified atom stereocenters. The third-order valence-electron chi connectivity index (χ3n) is 8.39. The van der Waals surface area contributed by atoms with Crippen molar-refractivity contribution in [2.75, 3.05) is 24.6 Å². The van der Waals surface area contributed by atoms with Crippen molar-refractivity contribution >= 4 is 22.8 Å². The maximum absolute atomic E-state index is 15.5. The SMILES string of the molecule is C=CC(=O)N1C[C@H](C)N(c2nc(=O)n3c4nc(c(C)cc24)-c2c(F)cccc2OCCc2ccnc(CCC)c2-3)C[C@H]1C. The summed E-state index contributed by atoms with van der Waals surface area (Å²) in [6.07, 6.45) is 5.04. The van der Waals surface area contributed by atoms with E-state index in [1.165, 1.54) is 12.1 Å². The molecule has 2 bridgehead atoms. The van der Waals surface area contributed by atoms with Gasteiger partial charge in [0, 0.05) is 37.8 Å². The quantitative estimate of drug-likeness (QED) is 0.320. The molecule has 6 rings (SSSR count). The van der Waals surface area contributed by atoms with Crippen LogP contribution >= 0.6 is 0 Å².